The molecule has 1 aromatic rings. The summed E-state index contributed by atoms with van der Waals surface area (Å²) in [5, 5.41) is 0. The molecule has 0 aromatic heterocycles. The van der Waals surface area contributed by atoms with Gasteiger partial charge in [-0.25, -0.2) is 17.5 Å². The summed E-state index contributed by atoms with van der Waals surface area (Å²) in [6.45, 7) is 1.78. The molecule has 0 saturated heterocycles. The second-order valence-corrected chi connectivity index (χ2v) is 6.99. The second kappa shape index (κ2) is 3.93. The van der Waals surface area contributed by atoms with Gasteiger partial charge in [0.1, 0.15) is 4.90 Å². The molecular formula is C10H12BrFN2O2S. The Balaban J connectivity index is 2.45. The summed E-state index contributed by atoms with van der Waals surface area (Å²) in [5.41, 5.74) is 5.27. The molecule has 2 rings (SSSR count). The number of nitrogens with one attached hydrogen (secondary N) is 1. The molecule has 0 amide bonds. The van der Waals surface area contributed by atoms with E-state index in [1.807, 2.05) is 0 Å². The lowest BCUT2D eigenvalue weighted by Crippen LogP contribution is -2.34. The van der Waals surface area contributed by atoms with Crippen LogP contribution >= 0.6 is 15.9 Å². The lowest BCUT2D eigenvalue weighted by molar-refractivity contribution is 0.539. The molecule has 0 spiro atoms. The first-order valence-corrected chi connectivity index (χ1v) is 7.30. The Morgan fingerprint density at radius 3 is 2.59 bits per heavy atom. The van der Waals surface area contributed by atoms with E-state index in [1.165, 1.54) is 6.07 Å². The first-order valence-electron chi connectivity index (χ1n) is 5.02. The van der Waals surface area contributed by atoms with Crippen molar-refractivity contribution in [2.24, 2.45) is 0 Å². The van der Waals surface area contributed by atoms with E-state index in [0.717, 1.165) is 18.9 Å². The number of sulfonamides is 1. The van der Waals surface area contributed by atoms with Crippen molar-refractivity contribution in [3.8, 4) is 0 Å². The van der Waals surface area contributed by atoms with Crippen LogP contribution in [-0.4, -0.2) is 14.0 Å². The summed E-state index contributed by atoms with van der Waals surface area (Å²) in [7, 11) is -3.87. The third-order valence-corrected chi connectivity index (χ3v) is 4.90. The number of nitrogen functional groups attached to an aromatic ring is 1. The van der Waals surface area contributed by atoms with Crippen LogP contribution in [0.25, 0.3) is 0 Å². The van der Waals surface area contributed by atoms with E-state index in [0.29, 0.717) is 0 Å². The van der Waals surface area contributed by atoms with Crippen LogP contribution in [0.5, 0.6) is 0 Å². The smallest absolute Gasteiger partial charge is 0.244 e. The Morgan fingerprint density at radius 2 is 2.06 bits per heavy atom. The number of rotatable bonds is 3. The van der Waals surface area contributed by atoms with Crippen LogP contribution in [0, 0.1) is 5.82 Å². The maximum atomic E-state index is 13.8. The molecule has 0 radical (unpaired) electrons. The van der Waals surface area contributed by atoms with Gasteiger partial charge < -0.3 is 5.73 Å². The standard InChI is InChI=1S/C10H12BrFN2O2S/c1-10(2-3-10)14-17(15,16)8-5-6(13)4-7(11)9(8)12/h4-5,14H,2-3,13H2,1H3. The monoisotopic (exact) mass is 322 g/mol. The lowest BCUT2D eigenvalue weighted by Gasteiger charge is -2.13. The van der Waals surface area contributed by atoms with Crippen molar-refractivity contribution in [1.82, 2.24) is 4.72 Å². The molecule has 7 heteroatoms. The van der Waals surface area contributed by atoms with Gasteiger partial charge in [0.05, 0.1) is 4.47 Å². The average Bonchev–Trinajstić information content (AvgIpc) is 2.88. The third-order valence-electron chi connectivity index (χ3n) is 2.69. The fourth-order valence-electron chi connectivity index (χ4n) is 1.45. The highest BCUT2D eigenvalue weighted by molar-refractivity contribution is 9.10. The Labute approximate surface area is 108 Å². The van der Waals surface area contributed by atoms with Gasteiger partial charge in [0.25, 0.3) is 0 Å². The summed E-state index contributed by atoms with van der Waals surface area (Å²) >= 11 is 2.94. The van der Waals surface area contributed by atoms with Gasteiger partial charge in [0.2, 0.25) is 10.0 Å². The maximum Gasteiger partial charge on any atom is 0.244 e. The molecule has 17 heavy (non-hydrogen) atoms. The van der Waals surface area contributed by atoms with Crippen LogP contribution in [-0.2, 0) is 10.0 Å². The molecule has 1 aliphatic carbocycles. The van der Waals surface area contributed by atoms with Crippen LogP contribution in [0.4, 0.5) is 10.1 Å². The van der Waals surface area contributed by atoms with Gasteiger partial charge in [-0.05, 0) is 47.8 Å². The molecule has 0 atom stereocenters. The Bertz CT molecular complexity index is 570. The van der Waals surface area contributed by atoms with E-state index in [1.54, 1.807) is 6.92 Å². The van der Waals surface area contributed by atoms with Gasteiger partial charge in [0.15, 0.2) is 5.82 Å². The summed E-state index contributed by atoms with van der Waals surface area (Å²) in [6, 6.07) is 2.45. The predicted octanol–water partition coefficient (Wildman–Crippen LogP) is 2.00. The number of halogens is 2. The largest absolute Gasteiger partial charge is 0.399 e. The van der Waals surface area contributed by atoms with Crippen molar-refractivity contribution in [2.45, 2.75) is 30.2 Å². The van der Waals surface area contributed by atoms with Gasteiger partial charge in [-0.15, -0.1) is 0 Å². The minimum absolute atomic E-state index is 0.0406. The highest BCUT2D eigenvalue weighted by atomic mass is 79.9. The van der Waals surface area contributed by atoms with E-state index >= 15 is 0 Å². The minimum Gasteiger partial charge on any atom is -0.399 e. The SMILES string of the molecule is CC1(NS(=O)(=O)c2cc(N)cc(Br)c2F)CC1. The van der Waals surface area contributed by atoms with Crippen molar-refractivity contribution in [3.05, 3.63) is 22.4 Å². The van der Waals surface area contributed by atoms with Crippen molar-refractivity contribution in [2.75, 3.05) is 5.73 Å². The summed E-state index contributed by atoms with van der Waals surface area (Å²) < 4.78 is 40.2. The molecule has 0 bridgehead atoms. The molecule has 0 unspecified atom stereocenters. The average molecular weight is 323 g/mol. The molecule has 0 heterocycles. The molecule has 94 valence electrons. The molecule has 0 aliphatic heterocycles. The highest BCUT2D eigenvalue weighted by Gasteiger charge is 2.42. The number of hydrogen-bond donors (Lipinski definition) is 2. The van der Waals surface area contributed by atoms with Crippen LogP contribution in [0.3, 0.4) is 0 Å². The number of nitrogens with two attached hydrogens (primary N) is 1. The van der Waals surface area contributed by atoms with E-state index < -0.39 is 26.3 Å². The van der Waals surface area contributed by atoms with Gasteiger partial charge in [-0.3, -0.25) is 0 Å². The van der Waals surface area contributed by atoms with Gasteiger partial charge in [-0.2, -0.15) is 0 Å². The fraction of sp³-hybridized carbons (Fsp3) is 0.400. The van der Waals surface area contributed by atoms with Crippen LogP contribution in [0.2, 0.25) is 0 Å². The maximum absolute atomic E-state index is 13.8. The first-order chi connectivity index (χ1) is 7.73. The summed E-state index contributed by atoms with van der Waals surface area (Å²) in [4.78, 5) is -0.419. The van der Waals surface area contributed by atoms with E-state index in [4.69, 9.17) is 5.73 Å². The van der Waals surface area contributed by atoms with E-state index in [2.05, 4.69) is 20.7 Å². The second-order valence-electron chi connectivity index (χ2n) is 4.48. The minimum atomic E-state index is -3.87. The Morgan fingerprint density at radius 1 is 1.47 bits per heavy atom. The van der Waals surface area contributed by atoms with Crippen LogP contribution < -0.4 is 10.5 Å². The Kier molecular flexibility index (Phi) is 2.95. The quantitative estimate of drug-likeness (QED) is 0.836. The summed E-state index contributed by atoms with van der Waals surface area (Å²) in [5.74, 6) is -0.823. The van der Waals surface area contributed by atoms with Crippen molar-refractivity contribution in [1.29, 1.82) is 0 Å². The summed E-state index contributed by atoms with van der Waals surface area (Å²) in [6.07, 6.45) is 1.52. The lowest BCUT2D eigenvalue weighted by atomic mass is 10.3. The molecule has 1 fully saturated rings. The van der Waals surface area contributed by atoms with Crippen molar-refractivity contribution in [3.63, 3.8) is 0 Å². The van der Waals surface area contributed by atoms with Gasteiger partial charge >= 0.3 is 0 Å². The normalized spacial score (nSPS) is 18.1. The zero-order valence-corrected chi connectivity index (χ0v) is 11.5. The van der Waals surface area contributed by atoms with Crippen molar-refractivity contribution >= 4 is 31.6 Å². The number of hydrogen-bond acceptors (Lipinski definition) is 3. The van der Waals surface area contributed by atoms with Crippen LogP contribution in [0.15, 0.2) is 21.5 Å². The first kappa shape index (κ1) is 12.8. The van der Waals surface area contributed by atoms with Gasteiger partial charge in [0, 0.05) is 11.2 Å². The third kappa shape index (κ3) is 2.61. The molecule has 4 nitrogen and oxygen atoms in total. The number of anilines is 1. The molecule has 1 aromatic carbocycles. The molecule has 1 saturated carbocycles. The molecule has 3 N–H and O–H groups in total. The van der Waals surface area contributed by atoms with Gasteiger partial charge in [-0.1, -0.05) is 0 Å². The van der Waals surface area contributed by atoms with E-state index in [9.17, 15) is 12.8 Å². The fourth-order valence-corrected chi connectivity index (χ4v) is 3.66. The zero-order chi connectivity index (χ0) is 12.8. The van der Waals surface area contributed by atoms with Crippen molar-refractivity contribution < 1.29 is 12.8 Å². The molecule has 1 aliphatic rings. The highest BCUT2D eigenvalue weighted by Crippen LogP contribution is 2.36. The zero-order valence-electron chi connectivity index (χ0n) is 9.13. The molecular weight excluding hydrogens is 311 g/mol. The Hall–Kier alpha value is -0.660. The van der Waals surface area contributed by atoms with E-state index in [-0.39, 0.29) is 10.2 Å². The number of benzene rings is 1. The predicted molar refractivity (Wildman–Crippen MR) is 66.5 cm³/mol. The topological polar surface area (TPSA) is 72.2 Å². The van der Waals surface area contributed by atoms with Crippen LogP contribution in [0.1, 0.15) is 19.8 Å².